The van der Waals surface area contributed by atoms with E-state index in [-0.39, 0.29) is 18.8 Å². The molecule has 8 nitrogen and oxygen atoms in total. The summed E-state index contributed by atoms with van der Waals surface area (Å²) in [5.41, 5.74) is 0.318. The lowest BCUT2D eigenvalue weighted by atomic mass is 9.51. The molecule has 2 spiro atoms. The fourth-order valence-electron chi connectivity index (χ4n) is 6.85. The van der Waals surface area contributed by atoms with Gasteiger partial charge in [0.15, 0.2) is 0 Å². The quantitative estimate of drug-likeness (QED) is 0.323. The maximum atomic E-state index is 12.9. The summed E-state index contributed by atoms with van der Waals surface area (Å²) in [5, 5.41) is 10.0. The molecule has 0 amide bonds. The number of cyclic esters (lactones) is 1. The van der Waals surface area contributed by atoms with Gasteiger partial charge in [-0.2, -0.15) is 0 Å². The molecule has 1 unspecified atom stereocenters. The van der Waals surface area contributed by atoms with Crippen molar-refractivity contribution in [1.29, 1.82) is 0 Å². The maximum Gasteiger partial charge on any atom is 0.331 e. The number of esters is 2. The smallest absolute Gasteiger partial charge is 0.331 e. The van der Waals surface area contributed by atoms with Gasteiger partial charge in [0.05, 0.1) is 36.9 Å². The Morgan fingerprint density at radius 3 is 2.57 bits per heavy atom. The van der Waals surface area contributed by atoms with Crippen LogP contribution in [0.5, 0.6) is 0 Å². The first kappa shape index (κ1) is 26.4. The normalized spacial score (nSPS) is 46.2. The van der Waals surface area contributed by atoms with E-state index in [1.165, 1.54) is 17.7 Å². The molecular formula is C29H38O8. The Kier molecular flexibility index (Phi) is 6.98. The minimum absolute atomic E-state index is 0.144. The number of carbonyl (C=O) groups is 2. The SMILES string of the molecule is CC1=C[C@H]2O[C@@H]3C[C@H]4OC(=O)/C=C\C=C/[C@H]([C@@H](C)O)OCC/C(C)=C\C(=O)OC[C@@]2(CC1)[C@]4(C)C31CO1. The summed E-state index contributed by atoms with van der Waals surface area (Å²) < 4.78 is 30.6. The van der Waals surface area contributed by atoms with Gasteiger partial charge in [0, 0.05) is 24.0 Å². The molecule has 3 fully saturated rings. The van der Waals surface area contributed by atoms with Gasteiger partial charge in [0.25, 0.3) is 0 Å². The van der Waals surface area contributed by atoms with Gasteiger partial charge in [-0.05, 0) is 40.0 Å². The third kappa shape index (κ3) is 4.42. The van der Waals surface area contributed by atoms with Crippen LogP contribution in [-0.4, -0.2) is 73.0 Å². The molecule has 37 heavy (non-hydrogen) atoms. The van der Waals surface area contributed by atoms with Crippen LogP contribution in [0, 0.1) is 10.8 Å². The fraction of sp³-hybridized carbons (Fsp3) is 0.655. The first-order valence-corrected chi connectivity index (χ1v) is 13.3. The number of carbonyl (C=O) groups excluding carboxylic acids is 2. The minimum atomic E-state index is -0.735. The molecule has 8 atom stereocenters. The van der Waals surface area contributed by atoms with Gasteiger partial charge in [0.1, 0.15) is 24.4 Å². The predicted molar refractivity (Wildman–Crippen MR) is 134 cm³/mol. The largest absolute Gasteiger partial charge is 0.462 e. The highest BCUT2D eigenvalue weighted by atomic mass is 16.6. The number of hydrogen-bond acceptors (Lipinski definition) is 8. The van der Waals surface area contributed by atoms with Crippen molar-refractivity contribution in [3.8, 4) is 0 Å². The van der Waals surface area contributed by atoms with Gasteiger partial charge in [-0.1, -0.05) is 42.4 Å². The van der Waals surface area contributed by atoms with Crippen LogP contribution in [0.1, 0.15) is 53.4 Å². The number of ether oxygens (including phenoxy) is 5. The zero-order chi connectivity index (χ0) is 26.4. The van der Waals surface area contributed by atoms with Crippen LogP contribution in [0.25, 0.3) is 0 Å². The average Bonchev–Trinajstić information content (AvgIpc) is 3.61. The Bertz CT molecular complexity index is 1050. The second-order valence-electron chi connectivity index (χ2n) is 11.4. The lowest BCUT2D eigenvalue weighted by Crippen LogP contribution is -2.66. The molecule has 5 rings (SSSR count). The first-order chi connectivity index (χ1) is 17.6. The molecule has 0 aromatic carbocycles. The lowest BCUT2D eigenvalue weighted by molar-refractivity contribution is -0.232. The minimum Gasteiger partial charge on any atom is -0.462 e. The molecule has 0 aromatic rings. The number of hydrogen-bond donors (Lipinski definition) is 1. The van der Waals surface area contributed by atoms with E-state index in [4.69, 9.17) is 23.7 Å². The van der Waals surface area contributed by atoms with Gasteiger partial charge >= 0.3 is 11.9 Å². The highest BCUT2D eigenvalue weighted by molar-refractivity contribution is 5.83. The van der Waals surface area contributed by atoms with Gasteiger partial charge in [-0.25, -0.2) is 9.59 Å². The van der Waals surface area contributed by atoms with Gasteiger partial charge in [-0.15, -0.1) is 0 Å². The zero-order valence-electron chi connectivity index (χ0n) is 22.1. The van der Waals surface area contributed by atoms with E-state index in [0.29, 0.717) is 26.1 Å². The maximum absolute atomic E-state index is 12.9. The highest BCUT2D eigenvalue weighted by Crippen LogP contribution is 2.72. The van der Waals surface area contributed by atoms with E-state index in [1.54, 1.807) is 25.2 Å². The van der Waals surface area contributed by atoms with Crippen LogP contribution in [0.15, 0.2) is 47.6 Å². The van der Waals surface area contributed by atoms with Crippen molar-refractivity contribution in [2.75, 3.05) is 19.8 Å². The fourth-order valence-corrected chi connectivity index (χ4v) is 6.85. The summed E-state index contributed by atoms with van der Waals surface area (Å²) in [7, 11) is 0. The van der Waals surface area contributed by atoms with Gasteiger partial charge in [-0.3, -0.25) is 0 Å². The molecule has 202 valence electrons. The lowest BCUT2D eigenvalue weighted by Gasteiger charge is -2.58. The summed E-state index contributed by atoms with van der Waals surface area (Å²) in [4.78, 5) is 25.9. The van der Waals surface area contributed by atoms with Crippen molar-refractivity contribution in [3.05, 3.63) is 47.6 Å². The Morgan fingerprint density at radius 2 is 1.84 bits per heavy atom. The molecule has 2 aliphatic carbocycles. The van der Waals surface area contributed by atoms with E-state index < -0.39 is 46.7 Å². The second kappa shape index (κ2) is 9.80. The van der Waals surface area contributed by atoms with Crippen molar-refractivity contribution in [2.45, 2.75) is 89.5 Å². The number of rotatable bonds is 1. The summed E-state index contributed by atoms with van der Waals surface area (Å²) in [6.45, 7) is 8.73. The topological polar surface area (TPSA) is 104 Å². The number of allylic oxidation sites excluding steroid dienone is 3. The molecule has 1 N–H and O–H groups in total. The Hall–Kier alpha value is -2.26. The van der Waals surface area contributed by atoms with Gasteiger partial charge in [0.2, 0.25) is 0 Å². The Morgan fingerprint density at radius 1 is 1.05 bits per heavy atom. The average molecular weight is 515 g/mol. The van der Waals surface area contributed by atoms with Crippen LogP contribution < -0.4 is 0 Å². The molecule has 2 saturated heterocycles. The molecular weight excluding hydrogens is 476 g/mol. The van der Waals surface area contributed by atoms with E-state index in [9.17, 15) is 14.7 Å². The number of aliphatic hydroxyl groups excluding tert-OH is 1. The predicted octanol–water partition coefficient (Wildman–Crippen LogP) is 3.34. The second-order valence-corrected chi connectivity index (χ2v) is 11.4. The molecule has 8 heteroatoms. The highest BCUT2D eigenvalue weighted by Gasteiger charge is 2.83. The van der Waals surface area contributed by atoms with Crippen molar-refractivity contribution >= 4 is 11.9 Å². The van der Waals surface area contributed by atoms with Crippen LogP contribution in [-0.2, 0) is 33.3 Å². The number of epoxide rings is 1. The van der Waals surface area contributed by atoms with Crippen molar-refractivity contribution in [3.63, 3.8) is 0 Å². The van der Waals surface area contributed by atoms with Crippen molar-refractivity contribution in [2.24, 2.45) is 10.8 Å². The third-order valence-electron chi connectivity index (χ3n) is 9.24. The molecule has 1 saturated carbocycles. The molecule has 0 radical (unpaired) electrons. The first-order valence-electron chi connectivity index (χ1n) is 13.3. The van der Waals surface area contributed by atoms with Crippen molar-refractivity contribution < 1.29 is 38.4 Å². The summed E-state index contributed by atoms with van der Waals surface area (Å²) >= 11 is 0. The van der Waals surface area contributed by atoms with E-state index in [0.717, 1.165) is 18.4 Å². The van der Waals surface area contributed by atoms with Crippen LogP contribution in [0.4, 0.5) is 0 Å². The molecule has 3 aliphatic heterocycles. The summed E-state index contributed by atoms with van der Waals surface area (Å²) in [6.07, 6.45) is 10.5. The molecule has 2 bridgehead atoms. The zero-order valence-corrected chi connectivity index (χ0v) is 22.1. The molecule has 0 aromatic heterocycles. The van der Waals surface area contributed by atoms with E-state index in [1.807, 2.05) is 6.92 Å². The van der Waals surface area contributed by atoms with E-state index >= 15 is 0 Å². The van der Waals surface area contributed by atoms with E-state index in [2.05, 4.69) is 19.9 Å². The van der Waals surface area contributed by atoms with Crippen LogP contribution >= 0.6 is 0 Å². The van der Waals surface area contributed by atoms with Crippen LogP contribution in [0.2, 0.25) is 0 Å². The molecule has 3 heterocycles. The monoisotopic (exact) mass is 514 g/mol. The van der Waals surface area contributed by atoms with Crippen LogP contribution in [0.3, 0.4) is 0 Å². The summed E-state index contributed by atoms with van der Waals surface area (Å²) in [6, 6.07) is 0. The standard InChI is InChI=1S/C29H38O8/c1-18-9-11-28-16-34-26(32)14-19(2)10-12-33-21(20(3)30)7-5-6-8-25(31)37-22-15-24(36-23(28)13-18)29(17-35-29)27(22,28)4/h5-8,13-14,20-24,30H,9-12,15-17H2,1-4H3/b7-5-,8-6-,19-14-/t20-,21-,22-,23-,24-,27-,28-,29?/m1/s1. The van der Waals surface area contributed by atoms with Crippen molar-refractivity contribution in [1.82, 2.24) is 0 Å². The summed E-state index contributed by atoms with van der Waals surface area (Å²) in [5.74, 6) is -0.879. The third-order valence-corrected chi connectivity index (χ3v) is 9.24. The molecule has 5 aliphatic rings. The Balaban J connectivity index is 1.51. The van der Waals surface area contributed by atoms with Gasteiger partial charge < -0.3 is 28.8 Å². The Labute approximate surface area is 218 Å². The number of aliphatic hydroxyl groups is 1.